The highest BCUT2D eigenvalue weighted by Crippen LogP contribution is 2.40. The fourth-order valence-electron chi connectivity index (χ4n) is 3.16. The Hall–Kier alpha value is -1.19. The molecule has 2 unspecified atom stereocenters. The van der Waals surface area contributed by atoms with Crippen LogP contribution in [0.5, 0.6) is 0 Å². The van der Waals surface area contributed by atoms with Crippen LogP contribution in [0.4, 0.5) is 18.9 Å². The largest absolute Gasteiger partial charge is 0.393 e. The maximum absolute atomic E-state index is 13.2. The van der Waals surface area contributed by atoms with Gasteiger partial charge in [0.1, 0.15) is 0 Å². The number of rotatable bonds is 2. The average molecular weight is 299 g/mol. The number of halogens is 3. The molecule has 0 aromatic heterocycles. The number of para-hydroxylation sites is 1. The molecule has 0 spiro atoms. The van der Waals surface area contributed by atoms with Crippen LogP contribution in [-0.2, 0) is 5.41 Å². The Bertz CT molecular complexity index is 474. The van der Waals surface area contributed by atoms with Gasteiger partial charge in [0.25, 0.3) is 0 Å². The Kier molecular flexibility index (Phi) is 4.54. The maximum Gasteiger partial charge on any atom is 0.393 e. The molecule has 0 bridgehead atoms. The van der Waals surface area contributed by atoms with Gasteiger partial charge in [-0.05, 0) is 29.9 Å². The third kappa shape index (κ3) is 3.92. The van der Waals surface area contributed by atoms with E-state index in [1.165, 1.54) is 0 Å². The number of alkyl halides is 3. The van der Waals surface area contributed by atoms with E-state index in [0.29, 0.717) is 12.8 Å². The Morgan fingerprint density at radius 3 is 2.24 bits per heavy atom. The van der Waals surface area contributed by atoms with Crippen LogP contribution >= 0.6 is 0 Å². The molecule has 4 heteroatoms. The van der Waals surface area contributed by atoms with E-state index in [1.807, 2.05) is 24.3 Å². The van der Waals surface area contributed by atoms with Crippen molar-refractivity contribution >= 4 is 5.69 Å². The first kappa shape index (κ1) is 16.2. The summed E-state index contributed by atoms with van der Waals surface area (Å²) in [5, 5.41) is 3.19. The van der Waals surface area contributed by atoms with Gasteiger partial charge in [-0.3, -0.25) is 0 Å². The van der Waals surface area contributed by atoms with E-state index >= 15 is 0 Å². The van der Waals surface area contributed by atoms with Gasteiger partial charge < -0.3 is 5.32 Å². The summed E-state index contributed by atoms with van der Waals surface area (Å²) >= 11 is 0. The highest BCUT2D eigenvalue weighted by atomic mass is 19.4. The summed E-state index contributed by atoms with van der Waals surface area (Å²) in [7, 11) is 0. The van der Waals surface area contributed by atoms with Gasteiger partial charge in [0, 0.05) is 11.7 Å². The van der Waals surface area contributed by atoms with Crippen LogP contribution in [0.25, 0.3) is 0 Å². The second-order valence-electron chi connectivity index (χ2n) is 6.98. The third-order valence-electron chi connectivity index (χ3n) is 4.26. The van der Waals surface area contributed by atoms with E-state index in [-0.39, 0.29) is 11.8 Å². The number of nitrogens with one attached hydrogen (secondary N) is 1. The topological polar surface area (TPSA) is 12.0 Å². The van der Waals surface area contributed by atoms with Crippen molar-refractivity contribution in [2.45, 2.75) is 64.1 Å². The van der Waals surface area contributed by atoms with Crippen LogP contribution in [0, 0.1) is 5.92 Å². The Balaban J connectivity index is 2.24. The van der Waals surface area contributed by atoms with Crippen molar-refractivity contribution in [3.05, 3.63) is 29.8 Å². The summed E-state index contributed by atoms with van der Waals surface area (Å²) in [6, 6.07) is 7.19. The Morgan fingerprint density at radius 2 is 1.62 bits per heavy atom. The summed E-state index contributed by atoms with van der Waals surface area (Å²) in [6.07, 6.45) is -1.76. The molecule has 1 aliphatic carbocycles. The molecule has 0 aliphatic heterocycles. The first-order valence-corrected chi connectivity index (χ1v) is 7.62. The van der Waals surface area contributed by atoms with Crippen LogP contribution in [0.3, 0.4) is 0 Å². The van der Waals surface area contributed by atoms with Gasteiger partial charge in [0.15, 0.2) is 0 Å². The molecule has 2 atom stereocenters. The predicted octanol–water partition coefficient (Wildman–Crippen LogP) is 5.52. The summed E-state index contributed by atoms with van der Waals surface area (Å²) in [5.41, 5.74) is 1.81. The van der Waals surface area contributed by atoms with E-state index < -0.39 is 18.1 Å². The molecule has 1 aliphatic rings. The van der Waals surface area contributed by atoms with E-state index in [0.717, 1.165) is 17.7 Å². The van der Waals surface area contributed by atoms with Crippen molar-refractivity contribution in [1.29, 1.82) is 0 Å². The highest BCUT2D eigenvalue weighted by molar-refractivity contribution is 5.54. The van der Waals surface area contributed by atoms with Crippen LogP contribution in [0.2, 0.25) is 0 Å². The molecule has 2 rings (SSSR count). The molecule has 1 aromatic rings. The number of hydrogen-bond donors (Lipinski definition) is 1. The monoisotopic (exact) mass is 299 g/mol. The standard InChI is InChI=1S/C17H24F3N/c1-16(2,3)12-8-4-6-10-14(12)21-15-11-7-5-9-13(15)17(18,19)20/h4,6,8,10,13,15,21H,5,7,9,11H2,1-3H3. The molecule has 1 aromatic carbocycles. The number of benzene rings is 1. The SMILES string of the molecule is CC(C)(C)c1ccccc1NC1CCCCC1C(F)(F)F. The van der Waals surface area contributed by atoms with Crippen LogP contribution in [-0.4, -0.2) is 12.2 Å². The molecule has 0 amide bonds. The van der Waals surface area contributed by atoms with Crippen LogP contribution < -0.4 is 5.32 Å². The minimum Gasteiger partial charge on any atom is -0.381 e. The predicted molar refractivity (Wildman–Crippen MR) is 80.6 cm³/mol. The van der Waals surface area contributed by atoms with Crippen molar-refractivity contribution in [3.8, 4) is 0 Å². The summed E-state index contributed by atoms with van der Waals surface area (Å²) in [6.45, 7) is 6.24. The third-order valence-corrected chi connectivity index (χ3v) is 4.26. The first-order valence-electron chi connectivity index (χ1n) is 7.62. The zero-order chi connectivity index (χ0) is 15.7. The van der Waals surface area contributed by atoms with Crippen molar-refractivity contribution in [3.63, 3.8) is 0 Å². The zero-order valence-electron chi connectivity index (χ0n) is 12.9. The molecule has 1 N–H and O–H groups in total. The summed E-state index contributed by atoms with van der Waals surface area (Å²) in [5.74, 6) is -1.24. The average Bonchev–Trinajstić information content (AvgIpc) is 2.37. The lowest BCUT2D eigenvalue weighted by molar-refractivity contribution is -0.184. The van der Waals surface area contributed by atoms with Crippen molar-refractivity contribution in [2.75, 3.05) is 5.32 Å². The molecule has 118 valence electrons. The highest BCUT2D eigenvalue weighted by Gasteiger charge is 2.45. The quantitative estimate of drug-likeness (QED) is 0.758. The molecule has 21 heavy (non-hydrogen) atoms. The van der Waals surface area contributed by atoms with E-state index in [2.05, 4.69) is 26.1 Å². The molecular weight excluding hydrogens is 275 g/mol. The second kappa shape index (κ2) is 5.90. The van der Waals surface area contributed by atoms with Gasteiger partial charge in [0.2, 0.25) is 0 Å². The lowest BCUT2D eigenvalue weighted by atomic mass is 9.82. The van der Waals surface area contributed by atoms with Crippen LogP contribution in [0.15, 0.2) is 24.3 Å². The normalized spacial score (nSPS) is 23.9. The van der Waals surface area contributed by atoms with Gasteiger partial charge in [-0.1, -0.05) is 51.8 Å². The lowest BCUT2D eigenvalue weighted by Gasteiger charge is -2.35. The number of hydrogen-bond acceptors (Lipinski definition) is 1. The number of anilines is 1. The van der Waals surface area contributed by atoms with E-state index in [4.69, 9.17) is 0 Å². The Morgan fingerprint density at radius 1 is 1.00 bits per heavy atom. The first-order chi connectivity index (χ1) is 9.69. The van der Waals surface area contributed by atoms with Gasteiger partial charge in [-0.2, -0.15) is 13.2 Å². The molecule has 1 saturated carbocycles. The van der Waals surface area contributed by atoms with Crippen molar-refractivity contribution < 1.29 is 13.2 Å². The lowest BCUT2D eigenvalue weighted by Crippen LogP contribution is -2.41. The minimum absolute atomic E-state index is 0.0913. The van der Waals surface area contributed by atoms with Crippen LogP contribution in [0.1, 0.15) is 52.0 Å². The molecule has 0 heterocycles. The fraction of sp³-hybridized carbons (Fsp3) is 0.647. The fourth-order valence-corrected chi connectivity index (χ4v) is 3.16. The Labute approximate surface area is 124 Å². The molecule has 1 nitrogen and oxygen atoms in total. The zero-order valence-corrected chi connectivity index (χ0v) is 12.9. The summed E-state index contributed by atoms with van der Waals surface area (Å²) in [4.78, 5) is 0. The molecule has 0 radical (unpaired) electrons. The van der Waals surface area contributed by atoms with Crippen molar-refractivity contribution in [2.24, 2.45) is 5.92 Å². The van der Waals surface area contributed by atoms with Gasteiger partial charge in [-0.15, -0.1) is 0 Å². The second-order valence-corrected chi connectivity index (χ2v) is 6.98. The molecule has 1 fully saturated rings. The van der Waals surface area contributed by atoms with Gasteiger partial charge in [0.05, 0.1) is 5.92 Å². The minimum atomic E-state index is -4.12. The smallest absolute Gasteiger partial charge is 0.381 e. The van der Waals surface area contributed by atoms with E-state index in [9.17, 15) is 13.2 Å². The maximum atomic E-state index is 13.2. The van der Waals surface area contributed by atoms with Gasteiger partial charge >= 0.3 is 6.18 Å². The summed E-state index contributed by atoms with van der Waals surface area (Å²) < 4.78 is 39.6. The van der Waals surface area contributed by atoms with E-state index in [1.54, 1.807) is 0 Å². The molecular formula is C17H24F3N. The molecule has 0 saturated heterocycles. The van der Waals surface area contributed by atoms with Crippen molar-refractivity contribution in [1.82, 2.24) is 0 Å². The van der Waals surface area contributed by atoms with Gasteiger partial charge in [-0.25, -0.2) is 0 Å².